The summed E-state index contributed by atoms with van der Waals surface area (Å²) in [6.45, 7) is 0. The third-order valence-corrected chi connectivity index (χ3v) is 6.92. The number of fused-ring (bicyclic) bond motifs is 1. The summed E-state index contributed by atoms with van der Waals surface area (Å²) in [5.74, 6) is 0. The van der Waals surface area contributed by atoms with E-state index in [9.17, 15) is 13.2 Å². The van der Waals surface area contributed by atoms with E-state index in [2.05, 4.69) is 0 Å². The maximum Gasteiger partial charge on any atom is 0.328 e. The molecular formula is C16H23N3O3S. The van der Waals surface area contributed by atoms with E-state index in [1.165, 1.54) is 19.9 Å². The smallest absolute Gasteiger partial charge is 0.295 e. The van der Waals surface area contributed by atoms with Crippen LogP contribution in [0, 0.1) is 0 Å². The maximum absolute atomic E-state index is 12.9. The third-order valence-electron chi connectivity index (χ3n) is 5.01. The summed E-state index contributed by atoms with van der Waals surface area (Å²) in [7, 11) is 1.47. The van der Waals surface area contributed by atoms with Gasteiger partial charge in [-0.05, 0) is 31.0 Å². The fourth-order valence-electron chi connectivity index (χ4n) is 3.45. The lowest BCUT2D eigenvalue weighted by molar-refractivity contribution is 0.286. The monoisotopic (exact) mass is 337 g/mol. The quantitative estimate of drug-likeness (QED) is 0.858. The number of sulfonamides is 1. The number of imidazole rings is 1. The molecule has 0 radical (unpaired) electrons. The molecule has 1 aliphatic carbocycles. The molecule has 1 heterocycles. The largest absolute Gasteiger partial charge is 0.328 e. The predicted octanol–water partition coefficient (Wildman–Crippen LogP) is 1.83. The Morgan fingerprint density at radius 2 is 1.65 bits per heavy atom. The van der Waals surface area contributed by atoms with Crippen molar-refractivity contribution in [1.29, 1.82) is 0 Å². The molecule has 0 amide bonds. The zero-order chi connectivity index (χ0) is 16.8. The van der Waals surface area contributed by atoms with Gasteiger partial charge in [0, 0.05) is 27.2 Å². The van der Waals surface area contributed by atoms with Crippen LogP contribution in [0.3, 0.4) is 0 Å². The molecule has 1 saturated carbocycles. The maximum atomic E-state index is 12.9. The number of nitrogens with zero attached hydrogens (tertiary/aromatic N) is 3. The third kappa shape index (κ3) is 2.61. The Hall–Kier alpha value is -1.60. The average molecular weight is 337 g/mol. The summed E-state index contributed by atoms with van der Waals surface area (Å²) in [6.07, 6.45) is 5.18. The van der Waals surface area contributed by atoms with Crippen molar-refractivity contribution in [3.8, 4) is 0 Å². The first-order valence-electron chi connectivity index (χ1n) is 7.97. The molecule has 0 aliphatic heterocycles. The van der Waals surface area contributed by atoms with Crippen LogP contribution in [0.2, 0.25) is 0 Å². The van der Waals surface area contributed by atoms with E-state index in [4.69, 9.17) is 0 Å². The highest BCUT2D eigenvalue weighted by Gasteiger charge is 2.29. The molecule has 0 N–H and O–H groups in total. The molecule has 0 saturated heterocycles. The van der Waals surface area contributed by atoms with E-state index in [-0.39, 0.29) is 16.6 Å². The summed E-state index contributed by atoms with van der Waals surface area (Å²) in [5.41, 5.74) is 1.21. The molecule has 0 atom stereocenters. The molecule has 0 unspecified atom stereocenters. The Morgan fingerprint density at radius 3 is 2.30 bits per heavy atom. The second-order valence-corrected chi connectivity index (χ2v) is 8.36. The highest BCUT2D eigenvalue weighted by molar-refractivity contribution is 7.89. The highest BCUT2D eigenvalue weighted by Crippen LogP contribution is 2.27. The Balaban J connectivity index is 2.04. The van der Waals surface area contributed by atoms with E-state index < -0.39 is 10.0 Å². The van der Waals surface area contributed by atoms with Gasteiger partial charge in [0.05, 0.1) is 15.9 Å². The van der Waals surface area contributed by atoms with Crippen molar-refractivity contribution in [2.75, 3.05) is 7.05 Å². The van der Waals surface area contributed by atoms with Gasteiger partial charge in [-0.1, -0.05) is 19.3 Å². The lowest BCUT2D eigenvalue weighted by atomic mass is 9.96. The molecule has 1 aliphatic rings. The van der Waals surface area contributed by atoms with Crippen LogP contribution < -0.4 is 5.69 Å². The van der Waals surface area contributed by atoms with Crippen LogP contribution in [0.15, 0.2) is 27.9 Å². The van der Waals surface area contributed by atoms with Crippen molar-refractivity contribution in [2.24, 2.45) is 14.1 Å². The number of rotatable bonds is 3. The summed E-state index contributed by atoms with van der Waals surface area (Å²) >= 11 is 0. The summed E-state index contributed by atoms with van der Waals surface area (Å²) in [6, 6.07) is 4.98. The van der Waals surface area contributed by atoms with Gasteiger partial charge in [-0.2, -0.15) is 4.31 Å². The minimum atomic E-state index is -3.54. The van der Waals surface area contributed by atoms with Crippen molar-refractivity contribution >= 4 is 21.1 Å². The van der Waals surface area contributed by atoms with Crippen LogP contribution in [-0.4, -0.2) is 34.9 Å². The Morgan fingerprint density at radius 1 is 1.04 bits per heavy atom. The van der Waals surface area contributed by atoms with E-state index in [0.29, 0.717) is 5.52 Å². The lowest BCUT2D eigenvalue weighted by Crippen LogP contribution is -2.38. The molecule has 6 nitrogen and oxygen atoms in total. The Labute approximate surface area is 136 Å². The van der Waals surface area contributed by atoms with Gasteiger partial charge in [0.2, 0.25) is 10.0 Å². The van der Waals surface area contributed by atoms with Crippen LogP contribution in [-0.2, 0) is 24.1 Å². The van der Waals surface area contributed by atoms with Gasteiger partial charge in [0.25, 0.3) is 0 Å². The summed E-state index contributed by atoms with van der Waals surface area (Å²) in [5, 5.41) is 0. The standard InChI is InChI=1S/C16H23N3O3S/c1-17-14-10-9-13(11-15(14)18(2)16(17)20)23(21,22)19(3)12-7-5-4-6-8-12/h9-12H,4-8H2,1-3H3. The van der Waals surface area contributed by atoms with Gasteiger partial charge >= 0.3 is 5.69 Å². The van der Waals surface area contributed by atoms with Crippen LogP contribution in [0.5, 0.6) is 0 Å². The Bertz CT molecular complexity index is 889. The zero-order valence-electron chi connectivity index (χ0n) is 13.8. The first kappa shape index (κ1) is 16.3. The van der Waals surface area contributed by atoms with Crippen molar-refractivity contribution < 1.29 is 8.42 Å². The second kappa shape index (κ2) is 5.79. The number of hydrogen-bond donors (Lipinski definition) is 0. The molecule has 0 spiro atoms. The van der Waals surface area contributed by atoms with Crippen LogP contribution in [0.25, 0.3) is 11.0 Å². The lowest BCUT2D eigenvalue weighted by Gasteiger charge is -2.30. The number of hydrogen-bond acceptors (Lipinski definition) is 3. The average Bonchev–Trinajstić information content (AvgIpc) is 2.79. The van der Waals surface area contributed by atoms with Crippen LogP contribution in [0.1, 0.15) is 32.1 Å². The normalized spacial score (nSPS) is 17.2. The van der Waals surface area contributed by atoms with Crippen LogP contribution in [0.4, 0.5) is 0 Å². The van der Waals surface area contributed by atoms with Crippen molar-refractivity contribution in [2.45, 2.75) is 43.0 Å². The number of aryl methyl sites for hydroxylation is 2. The molecule has 1 aromatic heterocycles. The fraction of sp³-hybridized carbons (Fsp3) is 0.562. The van der Waals surface area contributed by atoms with E-state index in [1.54, 1.807) is 39.3 Å². The van der Waals surface area contributed by atoms with Crippen molar-refractivity contribution in [3.63, 3.8) is 0 Å². The van der Waals surface area contributed by atoms with Gasteiger partial charge in [0.15, 0.2) is 0 Å². The molecule has 0 bridgehead atoms. The van der Waals surface area contributed by atoms with E-state index in [1.807, 2.05) is 0 Å². The SMILES string of the molecule is CN(C1CCCCC1)S(=O)(=O)c1ccc2c(c1)n(C)c(=O)n2C. The molecule has 1 fully saturated rings. The minimum absolute atomic E-state index is 0.0732. The zero-order valence-corrected chi connectivity index (χ0v) is 14.6. The molecular weight excluding hydrogens is 314 g/mol. The molecule has 126 valence electrons. The fourth-order valence-corrected chi connectivity index (χ4v) is 4.89. The van der Waals surface area contributed by atoms with Gasteiger partial charge in [-0.15, -0.1) is 0 Å². The number of benzene rings is 1. The van der Waals surface area contributed by atoms with Gasteiger partial charge < -0.3 is 0 Å². The molecule has 7 heteroatoms. The molecule has 2 aromatic rings. The molecule has 3 rings (SSSR count). The first-order chi connectivity index (χ1) is 10.8. The molecule has 1 aromatic carbocycles. The van der Waals surface area contributed by atoms with Gasteiger partial charge in [-0.3, -0.25) is 9.13 Å². The minimum Gasteiger partial charge on any atom is -0.295 e. The van der Waals surface area contributed by atoms with Crippen molar-refractivity contribution in [3.05, 3.63) is 28.7 Å². The van der Waals surface area contributed by atoms with E-state index >= 15 is 0 Å². The molecule has 23 heavy (non-hydrogen) atoms. The topological polar surface area (TPSA) is 64.3 Å². The van der Waals surface area contributed by atoms with Crippen molar-refractivity contribution in [1.82, 2.24) is 13.4 Å². The summed E-state index contributed by atoms with van der Waals surface area (Å²) < 4.78 is 30.3. The Kier molecular flexibility index (Phi) is 4.10. The van der Waals surface area contributed by atoms with Crippen LogP contribution >= 0.6 is 0 Å². The number of aromatic nitrogens is 2. The predicted molar refractivity (Wildman–Crippen MR) is 90.0 cm³/mol. The van der Waals surface area contributed by atoms with E-state index in [0.717, 1.165) is 31.2 Å². The van der Waals surface area contributed by atoms with Gasteiger partial charge in [-0.25, -0.2) is 13.2 Å². The highest BCUT2D eigenvalue weighted by atomic mass is 32.2. The van der Waals surface area contributed by atoms with Gasteiger partial charge in [0.1, 0.15) is 0 Å². The second-order valence-electron chi connectivity index (χ2n) is 6.36. The first-order valence-corrected chi connectivity index (χ1v) is 9.41. The summed E-state index contributed by atoms with van der Waals surface area (Å²) in [4.78, 5) is 12.2.